The standard InChI is InChI=1S/C17H20N6O/c1-23-15(18)13-14(11-5-7-12(24-2)8-6-11)20-17(21-16(13)22-23)19-9-10-3-4-10/h5-8,10H,3-4,9,18H2,1-2H3,(H,19,21,22). The first kappa shape index (κ1) is 14.7. The summed E-state index contributed by atoms with van der Waals surface area (Å²) in [6.45, 7) is 0.899. The van der Waals surface area contributed by atoms with Crippen molar-refractivity contribution in [1.29, 1.82) is 0 Å². The van der Waals surface area contributed by atoms with Crippen molar-refractivity contribution in [2.45, 2.75) is 12.8 Å². The van der Waals surface area contributed by atoms with E-state index >= 15 is 0 Å². The number of aromatic nitrogens is 4. The zero-order valence-electron chi connectivity index (χ0n) is 13.8. The van der Waals surface area contributed by atoms with Gasteiger partial charge in [0.15, 0.2) is 5.65 Å². The van der Waals surface area contributed by atoms with Gasteiger partial charge in [0, 0.05) is 19.2 Å². The van der Waals surface area contributed by atoms with Crippen LogP contribution >= 0.6 is 0 Å². The van der Waals surface area contributed by atoms with Crippen molar-refractivity contribution in [1.82, 2.24) is 19.7 Å². The Bertz CT molecular complexity index is 882. The van der Waals surface area contributed by atoms with Crippen molar-refractivity contribution < 1.29 is 4.74 Å². The van der Waals surface area contributed by atoms with Gasteiger partial charge in [0.05, 0.1) is 18.2 Å². The second kappa shape index (κ2) is 5.67. The van der Waals surface area contributed by atoms with Crippen molar-refractivity contribution in [2.24, 2.45) is 13.0 Å². The minimum absolute atomic E-state index is 0.560. The van der Waals surface area contributed by atoms with Crippen LogP contribution in [0.1, 0.15) is 12.8 Å². The van der Waals surface area contributed by atoms with Gasteiger partial charge in [-0.05, 0) is 43.0 Å². The number of methoxy groups -OCH3 is 1. The number of benzene rings is 1. The summed E-state index contributed by atoms with van der Waals surface area (Å²) in [6.07, 6.45) is 2.55. The first-order valence-corrected chi connectivity index (χ1v) is 8.04. The molecule has 2 heterocycles. The number of aryl methyl sites for hydroxylation is 1. The summed E-state index contributed by atoms with van der Waals surface area (Å²) in [4.78, 5) is 9.22. The number of nitrogen functional groups attached to an aromatic ring is 1. The van der Waals surface area contributed by atoms with Crippen LogP contribution in [-0.4, -0.2) is 33.4 Å². The van der Waals surface area contributed by atoms with Crippen molar-refractivity contribution in [3.63, 3.8) is 0 Å². The zero-order chi connectivity index (χ0) is 16.7. The molecular formula is C17H20N6O. The van der Waals surface area contributed by atoms with Gasteiger partial charge in [-0.25, -0.2) is 4.98 Å². The van der Waals surface area contributed by atoms with E-state index in [1.807, 2.05) is 31.3 Å². The van der Waals surface area contributed by atoms with Crippen molar-refractivity contribution in [3.8, 4) is 17.0 Å². The lowest BCUT2D eigenvalue weighted by molar-refractivity contribution is 0.415. The molecule has 7 nitrogen and oxygen atoms in total. The van der Waals surface area contributed by atoms with Crippen LogP contribution in [0.2, 0.25) is 0 Å². The van der Waals surface area contributed by atoms with Crippen molar-refractivity contribution in [2.75, 3.05) is 24.7 Å². The summed E-state index contributed by atoms with van der Waals surface area (Å²) in [5, 5.41) is 8.51. The van der Waals surface area contributed by atoms with Gasteiger partial charge >= 0.3 is 0 Å². The maximum atomic E-state index is 6.19. The Hall–Kier alpha value is -2.83. The summed E-state index contributed by atoms with van der Waals surface area (Å²) in [6, 6.07) is 7.76. The minimum atomic E-state index is 0.560. The van der Waals surface area contributed by atoms with Gasteiger partial charge in [-0.1, -0.05) is 0 Å². The third kappa shape index (κ3) is 2.62. The van der Waals surface area contributed by atoms with Gasteiger partial charge < -0.3 is 15.8 Å². The van der Waals surface area contributed by atoms with Crippen LogP contribution in [0, 0.1) is 5.92 Å². The number of fused-ring (bicyclic) bond motifs is 1. The summed E-state index contributed by atoms with van der Waals surface area (Å²) < 4.78 is 6.87. The minimum Gasteiger partial charge on any atom is -0.497 e. The fourth-order valence-electron chi connectivity index (χ4n) is 2.71. The van der Waals surface area contributed by atoms with E-state index in [1.54, 1.807) is 11.8 Å². The SMILES string of the molecule is COc1ccc(-c2nc(NCC3CC3)nc3nn(C)c(N)c23)cc1. The third-order valence-electron chi connectivity index (χ3n) is 4.35. The van der Waals surface area contributed by atoms with Crippen LogP contribution < -0.4 is 15.8 Å². The maximum absolute atomic E-state index is 6.19. The number of nitrogens with zero attached hydrogens (tertiary/aromatic N) is 4. The molecule has 1 aliphatic rings. The van der Waals surface area contributed by atoms with Gasteiger partial charge in [-0.2, -0.15) is 10.1 Å². The number of rotatable bonds is 5. The molecule has 3 N–H and O–H groups in total. The van der Waals surface area contributed by atoms with Crippen molar-refractivity contribution in [3.05, 3.63) is 24.3 Å². The molecular weight excluding hydrogens is 304 g/mol. The number of nitrogens with two attached hydrogens (primary N) is 1. The number of ether oxygens (including phenoxy) is 1. The number of hydrogen-bond donors (Lipinski definition) is 2. The Morgan fingerprint density at radius 1 is 1.25 bits per heavy atom. The van der Waals surface area contributed by atoms with E-state index in [9.17, 15) is 0 Å². The van der Waals surface area contributed by atoms with Crippen LogP contribution in [-0.2, 0) is 7.05 Å². The lowest BCUT2D eigenvalue weighted by Crippen LogP contribution is -2.07. The molecule has 3 aromatic rings. The molecule has 0 saturated heterocycles. The van der Waals surface area contributed by atoms with Crippen LogP contribution in [0.25, 0.3) is 22.3 Å². The van der Waals surface area contributed by atoms with E-state index in [4.69, 9.17) is 15.5 Å². The topological polar surface area (TPSA) is 90.9 Å². The summed E-state index contributed by atoms with van der Waals surface area (Å²) in [7, 11) is 3.46. The highest BCUT2D eigenvalue weighted by molar-refractivity contribution is 5.98. The summed E-state index contributed by atoms with van der Waals surface area (Å²) in [5.41, 5.74) is 8.54. The first-order chi connectivity index (χ1) is 11.7. The van der Waals surface area contributed by atoms with E-state index in [2.05, 4.69) is 15.4 Å². The average Bonchev–Trinajstić information content (AvgIpc) is 3.39. The Morgan fingerprint density at radius 2 is 2.00 bits per heavy atom. The third-order valence-corrected chi connectivity index (χ3v) is 4.35. The zero-order valence-corrected chi connectivity index (χ0v) is 13.8. The molecule has 124 valence electrons. The molecule has 0 amide bonds. The summed E-state index contributed by atoms with van der Waals surface area (Å²) in [5.74, 6) is 2.70. The lowest BCUT2D eigenvalue weighted by Gasteiger charge is -2.08. The molecule has 1 saturated carbocycles. The Labute approximate surface area is 139 Å². The fraction of sp³-hybridized carbons (Fsp3) is 0.353. The maximum Gasteiger partial charge on any atom is 0.225 e. The Morgan fingerprint density at radius 3 is 2.67 bits per heavy atom. The second-order valence-electron chi connectivity index (χ2n) is 6.16. The predicted octanol–water partition coefficient (Wildman–Crippen LogP) is 2.44. The normalized spacial score (nSPS) is 14.1. The van der Waals surface area contributed by atoms with Gasteiger partial charge in [-0.15, -0.1) is 0 Å². The number of anilines is 2. The van der Waals surface area contributed by atoms with Crippen LogP contribution in [0.5, 0.6) is 5.75 Å². The fourth-order valence-corrected chi connectivity index (χ4v) is 2.71. The van der Waals surface area contributed by atoms with Gasteiger partial charge in [0.1, 0.15) is 11.6 Å². The largest absolute Gasteiger partial charge is 0.497 e. The number of hydrogen-bond acceptors (Lipinski definition) is 6. The molecule has 2 aromatic heterocycles. The van der Waals surface area contributed by atoms with Crippen LogP contribution in [0.15, 0.2) is 24.3 Å². The van der Waals surface area contributed by atoms with E-state index in [-0.39, 0.29) is 0 Å². The Balaban J connectivity index is 1.82. The number of nitrogens with one attached hydrogen (secondary N) is 1. The Kier molecular flexibility index (Phi) is 3.48. The second-order valence-corrected chi connectivity index (χ2v) is 6.16. The predicted molar refractivity (Wildman–Crippen MR) is 93.9 cm³/mol. The smallest absolute Gasteiger partial charge is 0.225 e. The molecule has 0 spiro atoms. The van der Waals surface area contributed by atoms with Crippen LogP contribution in [0.3, 0.4) is 0 Å². The highest BCUT2D eigenvalue weighted by atomic mass is 16.5. The quantitative estimate of drug-likeness (QED) is 0.749. The van der Waals surface area contributed by atoms with E-state index < -0.39 is 0 Å². The molecule has 0 aliphatic heterocycles. The van der Waals surface area contributed by atoms with Gasteiger partial charge in [0.25, 0.3) is 0 Å². The van der Waals surface area contributed by atoms with Crippen LogP contribution in [0.4, 0.5) is 11.8 Å². The monoisotopic (exact) mass is 324 g/mol. The van der Waals surface area contributed by atoms with E-state index in [0.717, 1.165) is 34.9 Å². The molecule has 0 atom stereocenters. The molecule has 4 rings (SSSR count). The highest BCUT2D eigenvalue weighted by Gasteiger charge is 2.22. The van der Waals surface area contributed by atoms with Gasteiger partial charge in [0.2, 0.25) is 5.95 Å². The lowest BCUT2D eigenvalue weighted by atomic mass is 10.1. The first-order valence-electron chi connectivity index (χ1n) is 8.04. The molecule has 0 bridgehead atoms. The average molecular weight is 324 g/mol. The molecule has 1 aliphatic carbocycles. The molecule has 0 unspecified atom stereocenters. The van der Waals surface area contributed by atoms with Gasteiger partial charge in [-0.3, -0.25) is 4.68 Å². The van der Waals surface area contributed by atoms with E-state index in [0.29, 0.717) is 17.4 Å². The molecule has 1 aromatic carbocycles. The molecule has 0 radical (unpaired) electrons. The molecule has 1 fully saturated rings. The van der Waals surface area contributed by atoms with E-state index in [1.165, 1.54) is 12.8 Å². The molecule has 7 heteroatoms. The molecule has 24 heavy (non-hydrogen) atoms. The summed E-state index contributed by atoms with van der Waals surface area (Å²) >= 11 is 0. The highest BCUT2D eigenvalue weighted by Crippen LogP contribution is 2.33. The van der Waals surface area contributed by atoms with Crippen molar-refractivity contribution >= 4 is 22.8 Å².